The van der Waals surface area contributed by atoms with Crippen LogP contribution >= 0.6 is 0 Å². The number of hydrogen-bond acceptors (Lipinski definition) is 3. The molecule has 0 bridgehead atoms. The van der Waals surface area contributed by atoms with E-state index in [4.69, 9.17) is 0 Å². The Balaban J connectivity index is 1.41. The topological polar surface area (TPSA) is 49.9 Å². The molecule has 148 valence electrons. The molecule has 27 heavy (non-hydrogen) atoms. The van der Waals surface area contributed by atoms with E-state index in [2.05, 4.69) is 4.74 Å². The van der Waals surface area contributed by atoms with Crippen LogP contribution in [0.1, 0.15) is 37.7 Å². The van der Waals surface area contributed by atoms with Crippen molar-refractivity contribution in [2.24, 2.45) is 5.92 Å². The first-order chi connectivity index (χ1) is 13.0. The molecule has 0 atom stereocenters. The number of alkyl halides is 2. The van der Waals surface area contributed by atoms with Gasteiger partial charge in [-0.25, -0.2) is 0 Å². The molecule has 0 aliphatic carbocycles. The third-order valence-electron chi connectivity index (χ3n) is 5.39. The predicted molar refractivity (Wildman–Crippen MR) is 96.5 cm³/mol. The van der Waals surface area contributed by atoms with Gasteiger partial charge in [-0.15, -0.1) is 0 Å². The summed E-state index contributed by atoms with van der Waals surface area (Å²) < 4.78 is 28.6. The van der Waals surface area contributed by atoms with Crippen LogP contribution in [0.25, 0.3) is 0 Å². The number of carbonyl (C=O) groups excluding carboxylic acids is 2. The van der Waals surface area contributed by atoms with Crippen LogP contribution < -0.4 is 4.74 Å². The molecule has 1 aromatic rings. The molecule has 0 spiro atoms. The van der Waals surface area contributed by atoms with Crippen LogP contribution in [0.3, 0.4) is 0 Å². The van der Waals surface area contributed by atoms with Crippen molar-refractivity contribution in [1.82, 2.24) is 9.80 Å². The fourth-order valence-corrected chi connectivity index (χ4v) is 3.82. The van der Waals surface area contributed by atoms with Gasteiger partial charge in [-0.2, -0.15) is 8.78 Å². The summed E-state index contributed by atoms with van der Waals surface area (Å²) in [6.07, 6.45) is 4.60. The van der Waals surface area contributed by atoms with E-state index in [0.717, 1.165) is 44.3 Å². The first kappa shape index (κ1) is 19.6. The molecule has 0 aromatic heterocycles. The SMILES string of the molecule is O=C(CCc1ccc(OC(F)F)cc1)N1CCC(C(=O)N2CCCC2)CC1. The molecule has 5 nitrogen and oxygen atoms in total. The Morgan fingerprint density at radius 1 is 1.00 bits per heavy atom. The monoisotopic (exact) mass is 380 g/mol. The highest BCUT2D eigenvalue weighted by Gasteiger charge is 2.30. The molecule has 0 radical (unpaired) electrons. The number of amides is 2. The average molecular weight is 380 g/mol. The lowest BCUT2D eigenvalue weighted by molar-refractivity contribution is -0.140. The van der Waals surface area contributed by atoms with Crippen molar-refractivity contribution >= 4 is 11.8 Å². The second kappa shape index (κ2) is 9.15. The van der Waals surface area contributed by atoms with Gasteiger partial charge in [0.05, 0.1) is 0 Å². The molecule has 2 aliphatic rings. The van der Waals surface area contributed by atoms with Gasteiger partial charge < -0.3 is 14.5 Å². The first-order valence-electron chi connectivity index (χ1n) is 9.63. The number of ether oxygens (including phenoxy) is 1. The maximum atomic E-state index is 12.4. The van der Waals surface area contributed by atoms with Gasteiger partial charge in [0.1, 0.15) is 5.75 Å². The molecule has 0 saturated carbocycles. The van der Waals surface area contributed by atoms with Crippen molar-refractivity contribution < 1.29 is 23.1 Å². The Labute approximate surface area is 158 Å². The Bertz CT molecular complexity index is 637. The molecule has 2 saturated heterocycles. The van der Waals surface area contributed by atoms with Crippen molar-refractivity contribution in [2.45, 2.75) is 45.1 Å². The Kier molecular flexibility index (Phi) is 6.63. The standard InChI is InChI=1S/C20H26F2N2O3/c21-20(22)27-17-6-3-15(4-7-17)5-8-18(25)23-13-9-16(10-14-23)19(26)24-11-1-2-12-24/h3-4,6-7,16,20H,1-2,5,8-14H2. The smallest absolute Gasteiger partial charge is 0.387 e. The maximum Gasteiger partial charge on any atom is 0.387 e. The van der Waals surface area contributed by atoms with Gasteiger partial charge in [0.15, 0.2) is 0 Å². The van der Waals surface area contributed by atoms with E-state index in [9.17, 15) is 18.4 Å². The number of benzene rings is 1. The quantitative estimate of drug-likeness (QED) is 0.762. The minimum atomic E-state index is -2.84. The largest absolute Gasteiger partial charge is 0.435 e. The molecule has 7 heteroatoms. The number of rotatable bonds is 6. The molecule has 2 amide bonds. The minimum Gasteiger partial charge on any atom is -0.435 e. The highest BCUT2D eigenvalue weighted by Crippen LogP contribution is 2.23. The van der Waals surface area contributed by atoms with Crippen molar-refractivity contribution in [3.63, 3.8) is 0 Å². The van der Waals surface area contributed by atoms with Crippen molar-refractivity contribution in [3.8, 4) is 5.75 Å². The maximum absolute atomic E-state index is 12.4. The molecule has 2 fully saturated rings. The minimum absolute atomic E-state index is 0.0505. The van der Waals surface area contributed by atoms with E-state index in [0.29, 0.717) is 25.9 Å². The van der Waals surface area contributed by atoms with Gasteiger partial charge in [0.25, 0.3) is 0 Å². The van der Waals surface area contributed by atoms with E-state index in [1.54, 1.807) is 12.1 Å². The van der Waals surface area contributed by atoms with Crippen LogP contribution in [0, 0.1) is 5.92 Å². The normalized spacial score (nSPS) is 18.2. The zero-order valence-corrected chi connectivity index (χ0v) is 15.4. The van der Waals surface area contributed by atoms with Crippen LogP contribution in [0.4, 0.5) is 8.78 Å². The molecule has 3 rings (SSSR count). The number of piperidine rings is 1. The van der Waals surface area contributed by atoms with Crippen molar-refractivity contribution in [3.05, 3.63) is 29.8 Å². The average Bonchev–Trinajstić information content (AvgIpc) is 3.21. The summed E-state index contributed by atoms with van der Waals surface area (Å²) in [5.41, 5.74) is 0.907. The van der Waals surface area contributed by atoms with Gasteiger partial charge >= 0.3 is 6.61 Å². The van der Waals surface area contributed by atoms with Gasteiger partial charge in [-0.1, -0.05) is 12.1 Å². The summed E-state index contributed by atoms with van der Waals surface area (Å²) in [6.45, 7) is 0.171. The lowest BCUT2D eigenvalue weighted by Gasteiger charge is -2.33. The van der Waals surface area contributed by atoms with E-state index < -0.39 is 6.61 Å². The Hall–Kier alpha value is -2.18. The number of likely N-dealkylation sites (tertiary alicyclic amines) is 2. The highest BCUT2D eigenvalue weighted by molar-refractivity contribution is 5.80. The lowest BCUT2D eigenvalue weighted by Crippen LogP contribution is -2.43. The van der Waals surface area contributed by atoms with Crippen molar-refractivity contribution in [1.29, 1.82) is 0 Å². The van der Waals surface area contributed by atoms with E-state index in [-0.39, 0.29) is 23.5 Å². The number of halogens is 2. The predicted octanol–water partition coefficient (Wildman–Crippen LogP) is 3.08. The third-order valence-corrected chi connectivity index (χ3v) is 5.39. The summed E-state index contributed by atoms with van der Waals surface area (Å²) in [7, 11) is 0. The molecular formula is C20H26F2N2O3. The van der Waals surface area contributed by atoms with Crippen LogP contribution in [-0.2, 0) is 16.0 Å². The molecule has 0 unspecified atom stereocenters. The summed E-state index contributed by atoms with van der Waals surface area (Å²) >= 11 is 0. The second-order valence-electron chi connectivity index (χ2n) is 7.21. The number of nitrogens with zero attached hydrogens (tertiary/aromatic N) is 2. The Morgan fingerprint density at radius 2 is 1.63 bits per heavy atom. The zero-order valence-electron chi connectivity index (χ0n) is 15.4. The van der Waals surface area contributed by atoms with Gasteiger partial charge in [-0.3, -0.25) is 9.59 Å². The van der Waals surface area contributed by atoms with Crippen molar-refractivity contribution in [2.75, 3.05) is 26.2 Å². The fraction of sp³-hybridized carbons (Fsp3) is 0.600. The van der Waals surface area contributed by atoms with Crippen LogP contribution in [0.5, 0.6) is 5.75 Å². The van der Waals surface area contributed by atoms with Gasteiger partial charge in [-0.05, 0) is 49.8 Å². The van der Waals surface area contributed by atoms with E-state index in [1.807, 2.05) is 9.80 Å². The third kappa shape index (κ3) is 5.40. The van der Waals surface area contributed by atoms with E-state index >= 15 is 0 Å². The summed E-state index contributed by atoms with van der Waals surface area (Å²) in [5.74, 6) is 0.500. The summed E-state index contributed by atoms with van der Waals surface area (Å²) in [6, 6.07) is 6.38. The molecule has 1 aromatic carbocycles. The van der Waals surface area contributed by atoms with Gasteiger partial charge in [0, 0.05) is 38.5 Å². The van der Waals surface area contributed by atoms with Crippen LogP contribution in [0.15, 0.2) is 24.3 Å². The van der Waals surface area contributed by atoms with E-state index in [1.165, 1.54) is 12.1 Å². The summed E-state index contributed by atoms with van der Waals surface area (Å²) in [5, 5.41) is 0. The fourth-order valence-electron chi connectivity index (χ4n) is 3.82. The first-order valence-corrected chi connectivity index (χ1v) is 9.63. The number of hydrogen-bond donors (Lipinski definition) is 0. The van der Waals surface area contributed by atoms with Gasteiger partial charge in [0.2, 0.25) is 11.8 Å². The Morgan fingerprint density at radius 3 is 2.22 bits per heavy atom. The lowest BCUT2D eigenvalue weighted by atomic mass is 9.95. The molecule has 0 N–H and O–H groups in total. The highest BCUT2D eigenvalue weighted by atomic mass is 19.3. The zero-order chi connectivity index (χ0) is 19.2. The van der Waals surface area contributed by atoms with Crippen LogP contribution in [0.2, 0.25) is 0 Å². The second-order valence-corrected chi connectivity index (χ2v) is 7.21. The molecule has 2 heterocycles. The van der Waals surface area contributed by atoms with Crippen LogP contribution in [-0.4, -0.2) is 54.4 Å². The summed E-state index contributed by atoms with van der Waals surface area (Å²) in [4.78, 5) is 28.7. The number of aryl methyl sites for hydroxylation is 1. The molecule has 2 aliphatic heterocycles. The number of carbonyl (C=O) groups is 2. The molecular weight excluding hydrogens is 354 g/mol.